The molecule has 0 radical (unpaired) electrons. The van der Waals surface area contributed by atoms with Gasteiger partial charge in [-0.3, -0.25) is 14.9 Å². The van der Waals surface area contributed by atoms with Gasteiger partial charge in [0.15, 0.2) is 6.29 Å². The summed E-state index contributed by atoms with van der Waals surface area (Å²) in [5.74, 6) is 0. The fourth-order valence-electron chi connectivity index (χ4n) is 0.994. The van der Waals surface area contributed by atoms with E-state index in [-0.39, 0.29) is 11.4 Å². The quantitative estimate of drug-likeness (QED) is 0.350. The summed E-state index contributed by atoms with van der Waals surface area (Å²) in [6.07, 6.45) is -3.16. The molecule has 0 aliphatic rings. The van der Waals surface area contributed by atoms with Gasteiger partial charge in [0.1, 0.15) is 16.4 Å². The number of carbonyl (C=O) groups is 1. The van der Waals surface area contributed by atoms with Crippen LogP contribution in [0.3, 0.4) is 0 Å². The van der Waals surface area contributed by atoms with Gasteiger partial charge in [0.25, 0.3) is 12.1 Å². The molecule has 1 heterocycles. The molecule has 8 heteroatoms. The lowest BCUT2D eigenvalue weighted by Crippen LogP contribution is -2.03. The highest BCUT2D eigenvalue weighted by Gasteiger charge is 2.27. The molecule has 0 atom stereocenters. The minimum Gasteiger partial charge on any atom is -0.296 e. The maximum absolute atomic E-state index is 12.4. The fraction of sp³-hybridized carbons (Fsp3) is 0.143. The van der Waals surface area contributed by atoms with Crippen molar-refractivity contribution < 1.29 is 18.5 Å². The second kappa shape index (κ2) is 4.26. The van der Waals surface area contributed by atoms with Crippen molar-refractivity contribution in [1.29, 1.82) is 0 Å². The number of pyridine rings is 1. The number of halogens is 3. The van der Waals surface area contributed by atoms with E-state index >= 15 is 0 Å². The third kappa shape index (κ3) is 2.24. The number of hydrogen-bond acceptors (Lipinski definition) is 4. The van der Waals surface area contributed by atoms with Crippen LogP contribution in [0.25, 0.3) is 0 Å². The number of carbonyl (C=O) groups excluding carboxylic acids is 1. The first-order chi connectivity index (χ1) is 6.97. The number of rotatable bonds is 3. The molecular formula is C7H3ClF2N2O3. The van der Waals surface area contributed by atoms with Gasteiger partial charge >= 0.3 is 0 Å². The van der Waals surface area contributed by atoms with Crippen LogP contribution in [0.1, 0.15) is 22.5 Å². The van der Waals surface area contributed by atoms with Crippen molar-refractivity contribution in [3.05, 3.63) is 32.6 Å². The Kier molecular flexibility index (Phi) is 3.25. The minimum atomic E-state index is -3.16. The first-order valence-electron chi connectivity index (χ1n) is 3.55. The van der Waals surface area contributed by atoms with E-state index in [0.717, 1.165) is 0 Å². The van der Waals surface area contributed by atoms with Gasteiger partial charge in [0, 0.05) is 0 Å². The molecule has 15 heavy (non-hydrogen) atoms. The summed E-state index contributed by atoms with van der Waals surface area (Å²) < 4.78 is 24.8. The zero-order chi connectivity index (χ0) is 11.6. The van der Waals surface area contributed by atoms with Crippen LogP contribution in [-0.2, 0) is 0 Å². The highest BCUT2D eigenvalue weighted by Crippen LogP contribution is 2.32. The Morgan fingerprint density at radius 1 is 1.60 bits per heavy atom. The molecule has 80 valence electrons. The minimum absolute atomic E-state index is 0.000370. The van der Waals surface area contributed by atoms with Gasteiger partial charge in [-0.25, -0.2) is 13.8 Å². The van der Waals surface area contributed by atoms with Gasteiger partial charge in [0.2, 0.25) is 0 Å². The molecule has 1 aromatic heterocycles. The molecular weight excluding hydrogens is 234 g/mol. The van der Waals surface area contributed by atoms with Crippen LogP contribution in [-0.4, -0.2) is 16.2 Å². The normalized spacial score (nSPS) is 10.4. The zero-order valence-corrected chi connectivity index (χ0v) is 7.74. The molecule has 0 aliphatic carbocycles. The predicted octanol–water partition coefficient (Wildman–Crippen LogP) is 2.39. The monoisotopic (exact) mass is 236 g/mol. The number of nitrogens with zero attached hydrogens (tertiary/aromatic N) is 2. The third-order valence-electron chi connectivity index (χ3n) is 1.56. The summed E-state index contributed by atoms with van der Waals surface area (Å²) in [6.45, 7) is 0. The van der Waals surface area contributed by atoms with Gasteiger partial charge in [-0.1, -0.05) is 11.6 Å². The van der Waals surface area contributed by atoms with Gasteiger partial charge in [0.05, 0.1) is 11.0 Å². The van der Waals surface area contributed by atoms with Gasteiger partial charge in [-0.2, -0.15) is 0 Å². The largest absolute Gasteiger partial charge is 0.296 e. The van der Waals surface area contributed by atoms with E-state index in [2.05, 4.69) is 4.98 Å². The number of aldehydes is 1. The molecule has 0 N–H and O–H groups in total. The topological polar surface area (TPSA) is 73.1 Å². The number of alkyl halides is 2. The van der Waals surface area contributed by atoms with Crippen LogP contribution in [0.4, 0.5) is 14.5 Å². The molecule has 0 fully saturated rings. The first-order valence-corrected chi connectivity index (χ1v) is 3.93. The lowest BCUT2D eigenvalue weighted by molar-refractivity contribution is -0.386. The van der Waals surface area contributed by atoms with Crippen LogP contribution >= 0.6 is 11.6 Å². The number of hydrogen-bond donors (Lipinski definition) is 0. The van der Waals surface area contributed by atoms with Crippen LogP contribution in [0, 0.1) is 10.1 Å². The summed E-state index contributed by atoms with van der Waals surface area (Å²) >= 11 is 5.33. The third-order valence-corrected chi connectivity index (χ3v) is 1.76. The summed E-state index contributed by atoms with van der Waals surface area (Å²) in [5, 5.41) is 10.0. The van der Waals surface area contributed by atoms with Crippen molar-refractivity contribution in [3.63, 3.8) is 0 Å². The lowest BCUT2D eigenvalue weighted by Gasteiger charge is -2.04. The molecule has 0 unspecified atom stereocenters. The molecule has 0 spiro atoms. The average molecular weight is 237 g/mol. The molecule has 0 amide bonds. The van der Waals surface area contributed by atoms with Crippen molar-refractivity contribution >= 4 is 23.6 Å². The van der Waals surface area contributed by atoms with E-state index in [4.69, 9.17) is 11.6 Å². The van der Waals surface area contributed by atoms with E-state index in [0.29, 0.717) is 6.07 Å². The fourth-order valence-corrected chi connectivity index (χ4v) is 1.19. The van der Waals surface area contributed by atoms with Gasteiger partial charge in [-0.15, -0.1) is 0 Å². The Labute approximate surface area is 86.8 Å². The summed E-state index contributed by atoms with van der Waals surface area (Å²) in [5.41, 5.74) is -2.64. The van der Waals surface area contributed by atoms with Gasteiger partial charge in [-0.05, 0) is 0 Å². The second-order valence-electron chi connectivity index (χ2n) is 2.44. The SMILES string of the molecule is O=Cc1nc(Cl)cc([N+](=O)[O-])c1C(F)F. The second-order valence-corrected chi connectivity index (χ2v) is 2.83. The van der Waals surface area contributed by atoms with E-state index in [1.165, 1.54) is 0 Å². The molecule has 5 nitrogen and oxygen atoms in total. The van der Waals surface area contributed by atoms with Crippen molar-refractivity contribution in [2.24, 2.45) is 0 Å². The molecule has 0 bridgehead atoms. The molecule has 0 saturated carbocycles. The van der Waals surface area contributed by atoms with E-state index in [1.54, 1.807) is 0 Å². The number of nitro groups is 1. The Morgan fingerprint density at radius 3 is 2.60 bits per heavy atom. The summed E-state index contributed by atoms with van der Waals surface area (Å²) in [4.78, 5) is 23.0. The van der Waals surface area contributed by atoms with Crippen LogP contribution < -0.4 is 0 Å². The van der Waals surface area contributed by atoms with Crippen LogP contribution in [0.15, 0.2) is 6.07 Å². The maximum atomic E-state index is 12.4. The molecule has 1 aromatic rings. The van der Waals surface area contributed by atoms with E-state index < -0.39 is 28.3 Å². The van der Waals surface area contributed by atoms with Crippen LogP contribution in [0.2, 0.25) is 5.15 Å². The van der Waals surface area contributed by atoms with E-state index in [9.17, 15) is 23.7 Å². The van der Waals surface area contributed by atoms with Gasteiger partial charge < -0.3 is 0 Å². The smallest absolute Gasteiger partial charge is 0.283 e. The van der Waals surface area contributed by atoms with Crippen LogP contribution in [0.5, 0.6) is 0 Å². The molecule has 0 aromatic carbocycles. The highest BCUT2D eigenvalue weighted by atomic mass is 35.5. The summed E-state index contributed by atoms with van der Waals surface area (Å²) in [7, 11) is 0. The first kappa shape index (κ1) is 11.4. The standard InChI is InChI=1S/C7H3ClF2N2O3/c8-5-1-4(12(14)15)6(7(9)10)3(2-13)11-5/h1-2,7H. The Morgan fingerprint density at radius 2 is 2.20 bits per heavy atom. The van der Waals surface area contributed by atoms with E-state index in [1.807, 2.05) is 0 Å². The highest BCUT2D eigenvalue weighted by molar-refractivity contribution is 6.29. The van der Waals surface area contributed by atoms with Crippen molar-refractivity contribution in [2.75, 3.05) is 0 Å². The Hall–Kier alpha value is -1.63. The molecule has 0 aliphatic heterocycles. The summed E-state index contributed by atoms with van der Waals surface area (Å²) in [6, 6.07) is 0.677. The molecule has 1 rings (SSSR count). The predicted molar refractivity (Wildman–Crippen MR) is 46.2 cm³/mol. The lowest BCUT2D eigenvalue weighted by atomic mass is 10.2. The molecule has 0 saturated heterocycles. The van der Waals surface area contributed by atoms with Crippen molar-refractivity contribution in [2.45, 2.75) is 6.43 Å². The zero-order valence-electron chi connectivity index (χ0n) is 6.99. The van der Waals surface area contributed by atoms with Crippen molar-refractivity contribution in [1.82, 2.24) is 4.98 Å². The average Bonchev–Trinajstić information content (AvgIpc) is 2.15. The Balaban J connectivity index is 3.54. The Bertz CT molecular complexity index is 425. The van der Waals surface area contributed by atoms with Crippen molar-refractivity contribution in [3.8, 4) is 0 Å². The maximum Gasteiger partial charge on any atom is 0.283 e. The number of aromatic nitrogens is 1.